The quantitative estimate of drug-likeness (QED) is 0.673. The largest absolute Gasteiger partial charge is 0.496 e. The van der Waals surface area contributed by atoms with Crippen molar-refractivity contribution in [1.82, 2.24) is 9.97 Å². The molecule has 20 heavy (non-hydrogen) atoms. The number of thioether (sulfide) groups is 1. The van der Waals surface area contributed by atoms with Crippen molar-refractivity contribution in [2.24, 2.45) is 0 Å². The summed E-state index contributed by atoms with van der Waals surface area (Å²) in [4.78, 5) is 8.21. The van der Waals surface area contributed by atoms with Crippen molar-refractivity contribution < 1.29 is 4.74 Å². The first-order valence-corrected chi connectivity index (χ1v) is 7.17. The lowest BCUT2D eigenvalue weighted by Gasteiger charge is -2.11. The molecule has 0 unspecified atom stereocenters. The predicted molar refractivity (Wildman–Crippen MR) is 78.8 cm³/mol. The van der Waals surface area contributed by atoms with Crippen LogP contribution in [-0.4, -0.2) is 23.3 Å². The topological polar surface area (TPSA) is 70.8 Å². The van der Waals surface area contributed by atoms with Crippen molar-refractivity contribution in [1.29, 1.82) is 5.26 Å². The number of aromatic nitrogens is 2. The van der Waals surface area contributed by atoms with E-state index < -0.39 is 0 Å². The molecular weight excluding hydrogens is 272 g/mol. The molecule has 0 radical (unpaired) electrons. The molecule has 5 nitrogen and oxygen atoms in total. The number of rotatable bonds is 5. The molecule has 1 aromatic carbocycles. The monoisotopic (exact) mass is 286 g/mol. The molecule has 6 heteroatoms. The van der Waals surface area contributed by atoms with E-state index in [-0.39, 0.29) is 0 Å². The van der Waals surface area contributed by atoms with Gasteiger partial charge in [0.25, 0.3) is 0 Å². The Balaban J connectivity index is 2.21. The molecule has 0 spiro atoms. The lowest BCUT2D eigenvalue weighted by atomic mass is 10.2. The smallest absolute Gasteiger partial charge is 0.148 e. The number of anilines is 1. The van der Waals surface area contributed by atoms with Gasteiger partial charge in [0, 0.05) is 12.1 Å². The number of ether oxygens (including phenoxy) is 1. The molecule has 1 N–H and O–H groups in total. The Labute approximate surface area is 122 Å². The minimum absolute atomic E-state index is 0.467. The van der Waals surface area contributed by atoms with Gasteiger partial charge in [-0.3, -0.25) is 0 Å². The van der Waals surface area contributed by atoms with E-state index >= 15 is 0 Å². The Morgan fingerprint density at radius 1 is 1.35 bits per heavy atom. The Morgan fingerprint density at radius 3 is 2.85 bits per heavy atom. The lowest BCUT2D eigenvalue weighted by Crippen LogP contribution is -2.06. The van der Waals surface area contributed by atoms with Gasteiger partial charge in [0.15, 0.2) is 0 Å². The van der Waals surface area contributed by atoms with Crippen LogP contribution in [0, 0.1) is 11.3 Å². The van der Waals surface area contributed by atoms with E-state index in [0.29, 0.717) is 23.0 Å². The van der Waals surface area contributed by atoms with E-state index in [4.69, 9.17) is 4.74 Å². The number of nitrogens with zero attached hydrogens (tertiary/aromatic N) is 3. The van der Waals surface area contributed by atoms with Gasteiger partial charge < -0.3 is 10.1 Å². The Kier molecular flexibility index (Phi) is 4.80. The Hall–Kier alpha value is -2.26. The highest BCUT2D eigenvalue weighted by atomic mass is 32.2. The molecule has 0 saturated heterocycles. The third-order valence-corrected chi connectivity index (χ3v) is 3.45. The van der Waals surface area contributed by atoms with Crippen LogP contribution >= 0.6 is 11.8 Å². The van der Waals surface area contributed by atoms with E-state index in [1.807, 2.05) is 30.5 Å². The minimum Gasteiger partial charge on any atom is -0.496 e. The number of nitrogens with one attached hydrogen (secondary N) is 1. The molecule has 0 bridgehead atoms. The summed E-state index contributed by atoms with van der Waals surface area (Å²) in [6.07, 6.45) is 3.34. The first-order chi connectivity index (χ1) is 9.80. The second-order valence-corrected chi connectivity index (χ2v) is 4.68. The molecule has 0 saturated carbocycles. The van der Waals surface area contributed by atoms with Gasteiger partial charge in [-0.1, -0.05) is 18.2 Å². The molecule has 2 rings (SSSR count). The fourth-order valence-electron chi connectivity index (χ4n) is 1.79. The van der Waals surface area contributed by atoms with E-state index in [1.54, 1.807) is 7.11 Å². The van der Waals surface area contributed by atoms with Crippen LogP contribution in [0.15, 0.2) is 35.6 Å². The second kappa shape index (κ2) is 6.78. The molecule has 102 valence electrons. The average Bonchev–Trinajstić information content (AvgIpc) is 2.52. The third kappa shape index (κ3) is 3.00. The normalized spacial score (nSPS) is 9.85. The van der Waals surface area contributed by atoms with Crippen molar-refractivity contribution in [3.05, 3.63) is 41.7 Å². The fourth-order valence-corrected chi connectivity index (χ4v) is 2.29. The zero-order valence-electron chi connectivity index (χ0n) is 11.3. The summed E-state index contributed by atoms with van der Waals surface area (Å²) in [6.45, 7) is 0.531. The van der Waals surface area contributed by atoms with Crippen LogP contribution in [-0.2, 0) is 6.54 Å². The Morgan fingerprint density at radius 2 is 2.15 bits per heavy atom. The number of hydrogen-bond donors (Lipinski definition) is 1. The first kappa shape index (κ1) is 14.2. The lowest BCUT2D eigenvalue weighted by molar-refractivity contribution is 0.410. The van der Waals surface area contributed by atoms with E-state index in [0.717, 1.165) is 11.3 Å². The maximum atomic E-state index is 9.22. The van der Waals surface area contributed by atoms with Crippen LogP contribution in [0.3, 0.4) is 0 Å². The summed E-state index contributed by atoms with van der Waals surface area (Å²) < 4.78 is 5.29. The molecule has 1 heterocycles. The van der Waals surface area contributed by atoms with Gasteiger partial charge in [-0.25, -0.2) is 9.97 Å². The highest BCUT2D eigenvalue weighted by Gasteiger charge is 2.10. The highest BCUT2D eigenvalue weighted by molar-refractivity contribution is 7.98. The summed E-state index contributed by atoms with van der Waals surface area (Å²) in [5, 5.41) is 13.1. The summed E-state index contributed by atoms with van der Waals surface area (Å²) in [6, 6.07) is 9.86. The predicted octanol–water partition coefficient (Wildman–Crippen LogP) is 2.69. The van der Waals surface area contributed by atoms with Crippen molar-refractivity contribution in [3.8, 4) is 11.8 Å². The Bertz CT molecular complexity index is 639. The van der Waals surface area contributed by atoms with Crippen molar-refractivity contribution in [2.45, 2.75) is 11.6 Å². The molecular formula is C14H14N4OS. The maximum Gasteiger partial charge on any atom is 0.148 e. The molecule has 0 fully saturated rings. The third-order valence-electron chi connectivity index (χ3n) is 2.76. The number of para-hydroxylation sites is 1. The van der Waals surface area contributed by atoms with Crippen LogP contribution < -0.4 is 10.1 Å². The fraction of sp³-hybridized carbons (Fsp3) is 0.214. The van der Waals surface area contributed by atoms with Crippen molar-refractivity contribution in [2.75, 3.05) is 18.7 Å². The SMILES string of the molecule is COc1ccccc1CNc1ncnc(SC)c1C#N. The standard InChI is InChI=1S/C14H14N4OS/c1-19-12-6-4-3-5-10(12)8-16-13-11(7-15)14(20-2)18-9-17-13/h3-6,9H,8H2,1-2H3,(H,16,17,18). The summed E-state index contributed by atoms with van der Waals surface area (Å²) >= 11 is 1.43. The number of benzene rings is 1. The average molecular weight is 286 g/mol. The van der Waals surface area contributed by atoms with E-state index in [9.17, 15) is 5.26 Å². The van der Waals surface area contributed by atoms with Gasteiger partial charge in [-0.05, 0) is 12.3 Å². The maximum absolute atomic E-state index is 9.22. The molecule has 1 aromatic heterocycles. The summed E-state index contributed by atoms with van der Waals surface area (Å²) in [5.74, 6) is 1.34. The zero-order valence-corrected chi connectivity index (χ0v) is 12.1. The molecule has 0 aliphatic heterocycles. The van der Waals surface area contributed by atoms with Crippen molar-refractivity contribution >= 4 is 17.6 Å². The van der Waals surface area contributed by atoms with Gasteiger partial charge in [0.05, 0.1) is 7.11 Å². The van der Waals surface area contributed by atoms with Crippen LogP contribution in [0.4, 0.5) is 5.82 Å². The molecule has 0 aliphatic rings. The van der Waals surface area contributed by atoms with Crippen LogP contribution in [0.5, 0.6) is 5.75 Å². The van der Waals surface area contributed by atoms with Crippen LogP contribution in [0.1, 0.15) is 11.1 Å². The van der Waals surface area contributed by atoms with Gasteiger partial charge in [-0.2, -0.15) is 5.26 Å². The van der Waals surface area contributed by atoms with Crippen LogP contribution in [0.2, 0.25) is 0 Å². The highest BCUT2D eigenvalue weighted by Crippen LogP contribution is 2.23. The number of nitriles is 1. The number of methoxy groups -OCH3 is 1. The number of hydrogen-bond acceptors (Lipinski definition) is 6. The van der Waals surface area contributed by atoms with Gasteiger partial charge in [-0.15, -0.1) is 11.8 Å². The van der Waals surface area contributed by atoms with Gasteiger partial charge in [0.2, 0.25) is 0 Å². The second-order valence-electron chi connectivity index (χ2n) is 3.88. The van der Waals surface area contributed by atoms with Crippen molar-refractivity contribution in [3.63, 3.8) is 0 Å². The zero-order chi connectivity index (χ0) is 14.4. The van der Waals surface area contributed by atoms with E-state index in [1.165, 1.54) is 18.1 Å². The van der Waals surface area contributed by atoms with Gasteiger partial charge >= 0.3 is 0 Å². The van der Waals surface area contributed by atoms with Gasteiger partial charge in [0.1, 0.15) is 34.6 Å². The molecule has 0 atom stereocenters. The minimum atomic E-state index is 0.467. The molecule has 2 aromatic rings. The van der Waals surface area contributed by atoms with E-state index in [2.05, 4.69) is 21.4 Å². The summed E-state index contributed by atoms with van der Waals surface area (Å²) in [7, 11) is 1.63. The first-order valence-electron chi connectivity index (χ1n) is 5.95. The molecule has 0 aliphatic carbocycles. The molecule has 0 amide bonds. The van der Waals surface area contributed by atoms with Crippen LogP contribution in [0.25, 0.3) is 0 Å². The summed E-state index contributed by atoms with van der Waals surface area (Å²) in [5.41, 5.74) is 1.47.